The van der Waals surface area contributed by atoms with Gasteiger partial charge in [-0.05, 0) is 30.7 Å². The number of thiophene rings is 1. The lowest BCUT2D eigenvalue weighted by Crippen LogP contribution is -2.48. The number of pyridine rings is 1. The number of carbonyl (C=O) groups is 2. The van der Waals surface area contributed by atoms with E-state index in [2.05, 4.69) is 21.6 Å². The predicted octanol–water partition coefficient (Wildman–Crippen LogP) is 2.08. The summed E-state index contributed by atoms with van der Waals surface area (Å²) < 4.78 is 0. The second-order valence-electron chi connectivity index (χ2n) is 7.21. The Morgan fingerprint density at radius 2 is 1.96 bits per heavy atom. The van der Waals surface area contributed by atoms with Crippen LogP contribution in [0.1, 0.15) is 24.3 Å². The van der Waals surface area contributed by atoms with Gasteiger partial charge in [-0.2, -0.15) is 0 Å². The molecule has 1 fully saturated rings. The summed E-state index contributed by atoms with van der Waals surface area (Å²) >= 11 is 1.65. The van der Waals surface area contributed by atoms with Crippen LogP contribution >= 0.6 is 11.3 Å². The highest BCUT2D eigenvalue weighted by Crippen LogP contribution is 2.42. The number of fused-ring (bicyclic) bond motifs is 1. The van der Waals surface area contributed by atoms with E-state index in [1.807, 2.05) is 17.2 Å². The van der Waals surface area contributed by atoms with Crippen molar-refractivity contribution in [1.29, 1.82) is 0 Å². The zero-order chi connectivity index (χ0) is 19.7. The van der Waals surface area contributed by atoms with Gasteiger partial charge in [-0.1, -0.05) is 0 Å². The fourth-order valence-electron chi connectivity index (χ4n) is 3.86. The van der Waals surface area contributed by atoms with E-state index in [9.17, 15) is 9.59 Å². The van der Waals surface area contributed by atoms with Crippen molar-refractivity contribution in [3.8, 4) is 11.1 Å². The second kappa shape index (κ2) is 7.89. The third-order valence-electron chi connectivity index (χ3n) is 5.30. The minimum absolute atomic E-state index is 0.0549. The maximum Gasteiger partial charge on any atom is 0.221 e. The van der Waals surface area contributed by atoms with Gasteiger partial charge in [-0.3, -0.25) is 9.59 Å². The number of nitrogens with zero attached hydrogens (tertiary/aromatic N) is 3. The highest BCUT2D eigenvalue weighted by molar-refractivity contribution is 7.17. The number of piperazine rings is 1. The Balaban J connectivity index is 1.58. The van der Waals surface area contributed by atoms with Crippen LogP contribution < -0.4 is 15.5 Å². The molecule has 0 bridgehead atoms. The Kier molecular flexibility index (Phi) is 5.32. The lowest BCUT2D eigenvalue weighted by Gasteiger charge is -2.34. The molecule has 0 aromatic carbocycles. The molecular formula is C20H25N5O2S. The predicted molar refractivity (Wildman–Crippen MR) is 112 cm³/mol. The molecule has 2 aromatic rings. The van der Waals surface area contributed by atoms with Gasteiger partial charge in [-0.25, -0.2) is 4.98 Å². The van der Waals surface area contributed by atoms with Gasteiger partial charge >= 0.3 is 0 Å². The van der Waals surface area contributed by atoms with E-state index < -0.39 is 0 Å². The van der Waals surface area contributed by atoms with Crippen LogP contribution in [0.2, 0.25) is 0 Å². The van der Waals surface area contributed by atoms with Crippen LogP contribution in [0.5, 0.6) is 0 Å². The van der Waals surface area contributed by atoms with Crippen molar-refractivity contribution in [3.63, 3.8) is 0 Å². The Morgan fingerprint density at radius 1 is 1.18 bits per heavy atom. The van der Waals surface area contributed by atoms with Crippen molar-refractivity contribution in [1.82, 2.24) is 15.2 Å². The van der Waals surface area contributed by atoms with Crippen molar-refractivity contribution in [2.24, 2.45) is 0 Å². The summed E-state index contributed by atoms with van der Waals surface area (Å²) in [5.41, 5.74) is 3.46. The normalized spacial score (nSPS) is 16.6. The summed E-state index contributed by atoms with van der Waals surface area (Å²) in [5.74, 6) is 1.00. The van der Waals surface area contributed by atoms with Crippen LogP contribution in [0.15, 0.2) is 18.3 Å². The van der Waals surface area contributed by atoms with Crippen molar-refractivity contribution in [2.45, 2.75) is 26.8 Å². The zero-order valence-electron chi connectivity index (χ0n) is 16.2. The van der Waals surface area contributed by atoms with Gasteiger partial charge in [0, 0.05) is 68.8 Å². The standard InChI is InChI=1S/C20H25N5O2S/c1-13(26)23-20-19(16-5-6-21-12-17(16)28-20)15-3-4-18(22-11-15)25-9-7-24(8-10-25)14(2)27/h3-4,11,21H,5-10,12H2,1-2H3,(H,23,26). The molecule has 0 radical (unpaired) electrons. The van der Waals surface area contributed by atoms with E-state index in [-0.39, 0.29) is 11.8 Å². The van der Waals surface area contributed by atoms with Gasteiger partial charge in [0.25, 0.3) is 0 Å². The first-order valence-electron chi connectivity index (χ1n) is 9.62. The lowest BCUT2D eigenvalue weighted by atomic mass is 9.99. The number of anilines is 2. The Labute approximate surface area is 168 Å². The first-order chi connectivity index (χ1) is 13.5. The van der Waals surface area contributed by atoms with E-state index >= 15 is 0 Å². The number of hydrogen-bond donors (Lipinski definition) is 2. The van der Waals surface area contributed by atoms with Gasteiger partial charge in [0.2, 0.25) is 11.8 Å². The molecule has 0 saturated carbocycles. The van der Waals surface area contributed by atoms with Gasteiger partial charge in [0.1, 0.15) is 10.8 Å². The fraction of sp³-hybridized carbons (Fsp3) is 0.450. The molecule has 0 aliphatic carbocycles. The molecule has 2 N–H and O–H groups in total. The molecule has 2 aliphatic heterocycles. The minimum Gasteiger partial charge on any atom is -0.353 e. The molecule has 1 saturated heterocycles. The smallest absolute Gasteiger partial charge is 0.221 e. The molecule has 28 heavy (non-hydrogen) atoms. The minimum atomic E-state index is -0.0549. The van der Waals surface area contributed by atoms with E-state index in [1.165, 1.54) is 10.4 Å². The number of amides is 2. The molecule has 7 nitrogen and oxygen atoms in total. The molecule has 148 valence electrons. The lowest BCUT2D eigenvalue weighted by molar-refractivity contribution is -0.129. The number of hydrogen-bond acceptors (Lipinski definition) is 6. The van der Waals surface area contributed by atoms with Crippen LogP contribution in [-0.2, 0) is 22.6 Å². The molecular weight excluding hydrogens is 374 g/mol. The summed E-state index contributed by atoms with van der Waals surface area (Å²) in [5, 5.41) is 7.30. The molecule has 4 rings (SSSR count). The van der Waals surface area contributed by atoms with Crippen LogP contribution in [0.3, 0.4) is 0 Å². The average molecular weight is 400 g/mol. The van der Waals surface area contributed by atoms with Crippen LogP contribution in [0, 0.1) is 0 Å². The van der Waals surface area contributed by atoms with Crippen molar-refractivity contribution < 1.29 is 9.59 Å². The summed E-state index contributed by atoms with van der Waals surface area (Å²) in [6.45, 7) is 8.01. The van der Waals surface area contributed by atoms with Gasteiger partial charge in [-0.15, -0.1) is 11.3 Å². The number of aromatic nitrogens is 1. The van der Waals surface area contributed by atoms with E-state index in [4.69, 9.17) is 4.98 Å². The summed E-state index contributed by atoms with van der Waals surface area (Å²) in [6, 6.07) is 4.14. The zero-order valence-corrected chi connectivity index (χ0v) is 17.1. The molecule has 4 heterocycles. The number of rotatable bonds is 3. The first kappa shape index (κ1) is 18.9. The summed E-state index contributed by atoms with van der Waals surface area (Å²) in [7, 11) is 0. The topological polar surface area (TPSA) is 77.6 Å². The van der Waals surface area contributed by atoms with Gasteiger partial charge in [0.15, 0.2) is 0 Å². The van der Waals surface area contributed by atoms with E-state index in [1.54, 1.807) is 25.2 Å². The molecule has 0 spiro atoms. The second-order valence-corrected chi connectivity index (χ2v) is 8.32. The third-order valence-corrected chi connectivity index (χ3v) is 6.45. The van der Waals surface area contributed by atoms with Crippen LogP contribution in [0.25, 0.3) is 11.1 Å². The number of carbonyl (C=O) groups excluding carboxylic acids is 2. The van der Waals surface area contributed by atoms with Gasteiger partial charge in [0.05, 0.1) is 0 Å². The third kappa shape index (κ3) is 3.74. The molecule has 2 aliphatic rings. The van der Waals surface area contributed by atoms with Crippen molar-refractivity contribution in [2.75, 3.05) is 42.9 Å². The highest BCUT2D eigenvalue weighted by atomic mass is 32.1. The molecule has 2 aromatic heterocycles. The molecule has 2 amide bonds. The molecule has 8 heteroatoms. The van der Waals surface area contributed by atoms with E-state index in [0.717, 1.165) is 67.6 Å². The van der Waals surface area contributed by atoms with Crippen molar-refractivity contribution >= 4 is 34.0 Å². The highest BCUT2D eigenvalue weighted by Gasteiger charge is 2.23. The maximum absolute atomic E-state index is 11.7. The SMILES string of the molecule is CC(=O)Nc1sc2c(c1-c1ccc(N3CCN(C(C)=O)CC3)nc1)CCNC2. The fourth-order valence-corrected chi connectivity index (χ4v) is 5.15. The quantitative estimate of drug-likeness (QED) is 0.826. The monoisotopic (exact) mass is 399 g/mol. The number of nitrogens with one attached hydrogen (secondary N) is 2. The molecule has 0 unspecified atom stereocenters. The van der Waals surface area contributed by atoms with Crippen LogP contribution in [-0.4, -0.2) is 54.4 Å². The van der Waals surface area contributed by atoms with Gasteiger partial charge < -0.3 is 20.4 Å². The molecule has 0 atom stereocenters. The van der Waals surface area contributed by atoms with Crippen molar-refractivity contribution in [3.05, 3.63) is 28.8 Å². The average Bonchev–Trinajstić information content (AvgIpc) is 3.05. The maximum atomic E-state index is 11.7. The summed E-state index contributed by atoms with van der Waals surface area (Å²) in [4.78, 5) is 33.2. The largest absolute Gasteiger partial charge is 0.353 e. The summed E-state index contributed by atoms with van der Waals surface area (Å²) in [6.07, 6.45) is 2.86. The van der Waals surface area contributed by atoms with E-state index in [0.29, 0.717) is 0 Å². The Morgan fingerprint density at radius 3 is 2.61 bits per heavy atom. The Bertz CT molecular complexity index is 885. The first-order valence-corrected chi connectivity index (χ1v) is 10.4. The Hall–Kier alpha value is -2.45. The van der Waals surface area contributed by atoms with Crippen LogP contribution in [0.4, 0.5) is 10.8 Å².